The standard InChI is InChI=1S/C11H17N3O3S/c1-7-10(18-6-12-7)5-14(3)4-9(11(16)17)13-8(2)15/h6,9H,4-5H2,1-3H3,(H,13,15)(H,16,17). The molecule has 0 aliphatic carbocycles. The van der Waals surface area contributed by atoms with E-state index in [4.69, 9.17) is 5.11 Å². The van der Waals surface area contributed by atoms with Crippen LogP contribution in [0.15, 0.2) is 5.51 Å². The number of carboxylic acid groups (broad SMARTS) is 1. The van der Waals surface area contributed by atoms with Gasteiger partial charge in [-0.25, -0.2) is 9.78 Å². The molecule has 1 heterocycles. The summed E-state index contributed by atoms with van der Waals surface area (Å²) in [6.07, 6.45) is 0. The number of carbonyl (C=O) groups excluding carboxylic acids is 1. The summed E-state index contributed by atoms with van der Waals surface area (Å²) < 4.78 is 0. The van der Waals surface area contributed by atoms with Crippen LogP contribution in [0.3, 0.4) is 0 Å². The van der Waals surface area contributed by atoms with E-state index in [0.717, 1.165) is 10.6 Å². The van der Waals surface area contributed by atoms with Crippen LogP contribution in [0.4, 0.5) is 0 Å². The maximum Gasteiger partial charge on any atom is 0.327 e. The van der Waals surface area contributed by atoms with E-state index in [9.17, 15) is 9.59 Å². The van der Waals surface area contributed by atoms with Crippen LogP contribution in [0.1, 0.15) is 17.5 Å². The van der Waals surface area contributed by atoms with Gasteiger partial charge in [0.15, 0.2) is 0 Å². The minimum atomic E-state index is -1.03. The fourth-order valence-electron chi connectivity index (χ4n) is 1.53. The molecule has 1 rings (SSSR count). The molecule has 0 bridgehead atoms. The number of nitrogens with zero attached hydrogens (tertiary/aromatic N) is 2. The number of aryl methyl sites for hydroxylation is 1. The van der Waals surface area contributed by atoms with Gasteiger partial charge in [-0.05, 0) is 14.0 Å². The van der Waals surface area contributed by atoms with Gasteiger partial charge in [0.25, 0.3) is 0 Å². The van der Waals surface area contributed by atoms with E-state index in [1.807, 2.05) is 18.9 Å². The van der Waals surface area contributed by atoms with Crippen molar-refractivity contribution in [3.05, 3.63) is 16.1 Å². The Kier molecular flexibility index (Phi) is 5.24. The third kappa shape index (κ3) is 4.42. The third-order valence-electron chi connectivity index (χ3n) is 2.43. The minimum Gasteiger partial charge on any atom is -0.480 e. The van der Waals surface area contributed by atoms with Gasteiger partial charge in [-0.3, -0.25) is 9.69 Å². The van der Waals surface area contributed by atoms with Crippen LogP contribution in [0.5, 0.6) is 0 Å². The average molecular weight is 271 g/mol. The lowest BCUT2D eigenvalue weighted by atomic mass is 10.2. The molecule has 7 heteroatoms. The average Bonchev–Trinajstić information content (AvgIpc) is 2.62. The quantitative estimate of drug-likeness (QED) is 0.786. The normalized spacial score (nSPS) is 12.4. The number of hydrogen-bond acceptors (Lipinski definition) is 5. The van der Waals surface area contributed by atoms with Crippen LogP contribution < -0.4 is 5.32 Å². The van der Waals surface area contributed by atoms with Crippen LogP contribution in [0, 0.1) is 6.92 Å². The van der Waals surface area contributed by atoms with E-state index in [2.05, 4.69) is 10.3 Å². The highest BCUT2D eigenvalue weighted by Crippen LogP contribution is 2.14. The van der Waals surface area contributed by atoms with E-state index in [1.54, 1.807) is 5.51 Å². The molecular weight excluding hydrogens is 254 g/mol. The molecule has 1 aromatic heterocycles. The number of hydrogen-bond donors (Lipinski definition) is 2. The van der Waals surface area contributed by atoms with E-state index in [1.165, 1.54) is 18.3 Å². The maximum atomic E-state index is 11.0. The molecule has 18 heavy (non-hydrogen) atoms. The molecule has 1 atom stereocenters. The zero-order valence-corrected chi connectivity index (χ0v) is 11.5. The first kappa shape index (κ1) is 14.6. The zero-order chi connectivity index (χ0) is 13.7. The molecule has 0 saturated carbocycles. The van der Waals surface area contributed by atoms with Crippen LogP contribution in [0.25, 0.3) is 0 Å². The highest BCUT2D eigenvalue weighted by molar-refractivity contribution is 7.09. The topological polar surface area (TPSA) is 82.5 Å². The molecular formula is C11H17N3O3S. The van der Waals surface area contributed by atoms with Gasteiger partial charge in [-0.15, -0.1) is 11.3 Å². The van der Waals surface area contributed by atoms with E-state index < -0.39 is 12.0 Å². The molecule has 0 aliphatic rings. The van der Waals surface area contributed by atoms with Gasteiger partial charge in [-0.1, -0.05) is 0 Å². The fraction of sp³-hybridized carbons (Fsp3) is 0.545. The molecule has 6 nitrogen and oxygen atoms in total. The lowest BCUT2D eigenvalue weighted by molar-refractivity contribution is -0.142. The Labute approximate surface area is 110 Å². The summed E-state index contributed by atoms with van der Waals surface area (Å²) in [6, 6.07) is -0.888. The Bertz CT molecular complexity index is 433. The molecule has 2 N–H and O–H groups in total. The molecule has 1 amide bonds. The molecule has 0 fully saturated rings. The third-order valence-corrected chi connectivity index (χ3v) is 3.35. The summed E-state index contributed by atoms with van der Waals surface area (Å²) >= 11 is 1.54. The Morgan fingerprint density at radius 3 is 2.72 bits per heavy atom. The summed E-state index contributed by atoms with van der Waals surface area (Å²) in [6.45, 7) is 4.11. The van der Waals surface area contributed by atoms with Crippen molar-refractivity contribution in [2.45, 2.75) is 26.4 Å². The summed E-state index contributed by atoms with van der Waals surface area (Å²) in [5, 5.41) is 11.4. The first-order valence-electron chi connectivity index (χ1n) is 5.47. The zero-order valence-electron chi connectivity index (χ0n) is 10.6. The summed E-state index contributed by atoms with van der Waals surface area (Å²) in [7, 11) is 1.82. The van der Waals surface area contributed by atoms with Crippen LogP contribution in [-0.2, 0) is 16.1 Å². The van der Waals surface area contributed by atoms with Crippen molar-refractivity contribution in [1.29, 1.82) is 0 Å². The first-order chi connectivity index (χ1) is 8.40. The Hall–Kier alpha value is -1.47. The van der Waals surface area contributed by atoms with Gasteiger partial charge in [-0.2, -0.15) is 0 Å². The minimum absolute atomic E-state index is 0.256. The summed E-state index contributed by atoms with van der Waals surface area (Å²) in [4.78, 5) is 29.0. The lowest BCUT2D eigenvalue weighted by Gasteiger charge is -2.21. The van der Waals surface area contributed by atoms with Crippen LogP contribution in [-0.4, -0.2) is 46.5 Å². The summed E-state index contributed by atoms with van der Waals surface area (Å²) in [5.74, 6) is -1.37. The molecule has 0 saturated heterocycles. The fourth-order valence-corrected chi connectivity index (χ4v) is 2.39. The van der Waals surface area contributed by atoms with Gasteiger partial charge < -0.3 is 10.4 Å². The second kappa shape index (κ2) is 6.46. The van der Waals surface area contributed by atoms with Gasteiger partial charge in [0.05, 0.1) is 11.2 Å². The van der Waals surface area contributed by atoms with E-state index in [-0.39, 0.29) is 12.5 Å². The van der Waals surface area contributed by atoms with Crippen molar-refractivity contribution in [2.24, 2.45) is 0 Å². The Balaban J connectivity index is 2.56. The second-order valence-electron chi connectivity index (χ2n) is 4.15. The van der Waals surface area contributed by atoms with Crippen molar-refractivity contribution in [1.82, 2.24) is 15.2 Å². The maximum absolute atomic E-state index is 11.0. The highest BCUT2D eigenvalue weighted by atomic mass is 32.1. The van der Waals surface area contributed by atoms with Crippen molar-refractivity contribution >= 4 is 23.2 Å². The van der Waals surface area contributed by atoms with Crippen molar-refractivity contribution in [3.8, 4) is 0 Å². The first-order valence-corrected chi connectivity index (χ1v) is 6.35. The van der Waals surface area contributed by atoms with Crippen LogP contribution in [0.2, 0.25) is 0 Å². The van der Waals surface area contributed by atoms with Gasteiger partial charge in [0.2, 0.25) is 5.91 Å². The van der Waals surface area contributed by atoms with Crippen molar-refractivity contribution in [2.75, 3.05) is 13.6 Å². The van der Waals surface area contributed by atoms with Gasteiger partial charge in [0, 0.05) is 24.9 Å². The van der Waals surface area contributed by atoms with Crippen LogP contribution >= 0.6 is 11.3 Å². The number of thiazole rings is 1. The number of carbonyl (C=O) groups is 2. The summed E-state index contributed by atoms with van der Waals surface area (Å²) in [5.41, 5.74) is 2.72. The number of aliphatic carboxylic acids is 1. The number of carboxylic acids is 1. The lowest BCUT2D eigenvalue weighted by Crippen LogP contribution is -2.46. The molecule has 0 radical (unpaired) electrons. The highest BCUT2D eigenvalue weighted by Gasteiger charge is 2.20. The molecule has 0 aromatic carbocycles. The number of amides is 1. The van der Waals surface area contributed by atoms with E-state index in [0.29, 0.717) is 6.54 Å². The number of nitrogens with one attached hydrogen (secondary N) is 1. The van der Waals surface area contributed by atoms with Gasteiger partial charge in [0.1, 0.15) is 6.04 Å². The monoisotopic (exact) mass is 271 g/mol. The van der Waals surface area contributed by atoms with Crippen molar-refractivity contribution in [3.63, 3.8) is 0 Å². The molecule has 0 spiro atoms. The SMILES string of the molecule is CC(=O)NC(CN(C)Cc1scnc1C)C(=O)O. The Morgan fingerprint density at radius 2 is 2.28 bits per heavy atom. The Morgan fingerprint density at radius 1 is 1.61 bits per heavy atom. The predicted molar refractivity (Wildman–Crippen MR) is 68.4 cm³/mol. The molecule has 1 aromatic rings. The molecule has 100 valence electrons. The molecule has 0 aliphatic heterocycles. The number of likely N-dealkylation sites (N-methyl/N-ethyl adjacent to an activating group) is 1. The predicted octanol–water partition coefficient (Wildman–Crippen LogP) is 0.473. The molecule has 1 unspecified atom stereocenters. The van der Waals surface area contributed by atoms with Gasteiger partial charge >= 0.3 is 5.97 Å². The largest absolute Gasteiger partial charge is 0.480 e. The number of rotatable bonds is 6. The smallest absolute Gasteiger partial charge is 0.327 e. The second-order valence-corrected chi connectivity index (χ2v) is 5.09. The van der Waals surface area contributed by atoms with E-state index >= 15 is 0 Å². The number of aromatic nitrogens is 1. The van der Waals surface area contributed by atoms with Crippen molar-refractivity contribution < 1.29 is 14.7 Å².